The number of benzene rings is 2. The first-order valence-electron chi connectivity index (χ1n) is 8.08. The summed E-state index contributed by atoms with van der Waals surface area (Å²) in [7, 11) is 0. The van der Waals surface area contributed by atoms with E-state index in [1.807, 2.05) is 24.3 Å². The van der Waals surface area contributed by atoms with Gasteiger partial charge in [-0.25, -0.2) is 9.37 Å². The summed E-state index contributed by atoms with van der Waals surface area (Å²) in [6.45, 7) is 0.349. The topological polar surface area (TPSA) is 73.0 Å². The number of carbonyl (C=O) groups is 1. The molecule has 0 aliphatic carbocycles. The number of carbonyl (C=O) groups excluding carboxylic acids is 1. The molecule has 1 amide bonds. The van der Waals surface area contributed by atoms with Gasteiger partial charge in [0.1, 0.15) is 18.1 Å². The van der Waals surface area contributed by atoms with Crippen molar-refractivity contribution >= 4 is 16.9 Å². The van der Waals surface area contributed by atoms with E-state index in [1.54, 1.807) is 35.2 Å². The van der Waals surface area contributed by atoms with Gasteiger partial charge in [-0.1, -0.05) is 29.4 Å². The van der Waals surface area contributed by atoms with Crippen LogP contribution in [0.3, 0.4) is 0 Å². The lowest BCUT2D eigenvalue weighted by Crippen LogP contribution is -2.26. The zero-order valence-electron chi connectivity index (χ0n) is 13.7. The van der Waals surface area contributed by atoms with E-state index in [9.17, 15) is 9.18 Å². The van der Waals surface area contributed by atoms with E-state index >= 15 is 0 Å². The van der Waals surface area contributed by atoms with Crippen molar-refractivity contribution in [1.82, 2.24) is 20.0 Å². The normalized spacial score (nSPS) is 11.0. The summed E-state index contributed by atoms with van der Waals surface area (Å²) in [6.07, 6.45) is 1.64. The molecule has 4 aromatic rings. The van der Waals surface area contributed by atoms with Gasteiger partial charge >= 0.3 is 0 Å². The molecule has 0 bridgehead atoms. The van der Waals surface area contributed by atoms with Crippen LogP contribution in [0.5, 0.6) is 0 Å². The van der Waals surface area contributed by atoms with Crippen molar-refractivity contribution < 1.29 is 13.7 Å². The van der Waals surface area contributed by atoms with Crippen LogP contribution < -0.4 is 5.32 Å². The predicted molar refractivity (Wildman–Crippen MR) is 93.5 cm³/mol. The summed E-state index contributed by atoms with van der Waals surface area (Å²) in [4.78, 5) is 16.4. The summed E-state index contributed by atoms with van der Waals surface area (Å²) in [5.74, 6) is -0.234. The first kappa shape index (κ1) is 16.0. The van der Waals surface area contributed by atoms with Crippen LogP contribution in [0.25, 0.3) is 22.4 Å². The second-order valence-corrected chi connectivity index (χ2v) is 5.80. The van der Waals surface area contributed by atoms with E-state index in [0.29, 0.717) is 17.0 Å². The second-order valence-electron chi connectivity index (χ2n) is 5.80. The number of nitrogens with zero attached hydrogens (tertiary/aromatic N) is 3. The Morgan fingerprint density at radius 2 is 1.96 bits per heavy atom. The van der Waals surface area contributed by atoms with Gasteiger partial charge < -0.3 is 14.4 Å². The second kappa shape index (κ2) is 6.79. The summed E-state index contributed by atoms with van der Waals surface area (Å²) in [6, 6.07) is 15.5. The number of rotatable bonds is 5. The summed E-state index contributed by atoms with van der Waals surface area (Å²) in [5, 5.41) is 6.65. The largest absolute Gasteiger partial charge is 0.356 e. The van der Waals surface area contributed by atoms with Crippen LogP contribution in [0.4, 0.5) is 4.39 Å². The molecule has 0 unspecified atom stereocenters. The van der Waals surface area contributed by atoms with Crippen molar-refractivity contribution in [2.45, 2.75) is 13.1 Å². The van der Waals surface area contributed by atoms with Crippen LogP contribution in [0, 0.1) is 5.82 Å². The van der Waals surface area contributed by atoms with Crippen molar-refractivity contribution in [3.8, 4) is 11.3 Å². The fourth-order valence-electron chi connectivity index (χ4n) is 2.72. The van der Waals surface area contributed by atoms with Crippen molar-refractivity contribution in [2.75, 3.05) is 0 Å². The van der Waals surface area contributed by atoms with Gasteiger partial charge in [-0.15, -0.1) is 0 Å². The Balaban J connectivity index is 1.40. The Kier molecular flexibility index (Phi) is 4.18. The number of para-hydroxylation sites is 2. The van der Waals surface area contributed by atoms with Crippen LogP contribution in [-0.2, 0) is 17.9 Å². The van der Waals surface area contributed by atoms with Crippen molar-refractivity contribution in [1.29, 1.82) is 0 Å². The molecule has 0 spiro atoms. The third kappa shape index (κ3) is 3.19. The van der Waals surface area contributed by atoms with Gasteiger partial charge in [0.25, 0.3) is 0 Å². The summed E-state index contributed by atoms with van der Waals surface area (Å²) < 4.78 is 20.7. The van der Waals surface area contributed by atoms with E-state index in [2.05, 4.69) is 15.5 Å². The minimum Gasteiger partial charge on any atom is -0.356 e. The molecule has 0 atom stereocenters. The molecule has 26 heavy (non-hydrogen) atoms. The molecule has 1 N–H and O–H groups in total. The molecule has 2 aromatic carbocycles. The number of amides is 1. The fraction of sp³-hybridized carbons (Fsp3) is 0.105. The first-order valence-corrected chi connectivity index (χ1v) is 8.08. The third-order valence-corrected chi connectivity index (χ3v) is 4.01. The molecule has 7 heteroatoms. The molecule has 0 saturated heterocycles. The summed E-state index contributed by atoms with van der Waals surface area (Å²) in [5.41, 5.74) is 2.59. The summed E-state index contributed by atoms with van der Waals surface area (Å²) >= 11 is 0. The van der Waals surface area contributed by atoms with Crippen molar-refractivity contribution in [3.63, 3.8) is 0 Å². The Hall–Kier alpha value is -3.48. The average Bonchev–Trinajstić information content (AvgIpc) is 3.28. The Morgan fingerprint density at radius 1 is 1.15 bits per heavy atom. The zero-order chi connectivity index (χ0) is 17.9. The van der Waals surface area contributed by atoms with Gasteiger partial charge in [-0.3, -0.25) is 4.79 Å². The van der Waals surface area contributed by atoms with Crippen LogP contribution in [-0.4, -0.2) is 20.6 Å². The van der Waals surface area contributed by atoms with Gasteiger partial charge in [0.2, 0.25) is 5.91 Å². The number of fused-ring (bicyclic) bond motifs is 1. The zero-order valence-corrected chi connectivity index (χ0v) is 13.7. The maximum Gasteiger partial charge on any atom is 0.240 e. The van der Waals surface area contributed by atoms with E-state index in [0.717, 1.165) is 11.0 Å². The highest BCUT2D eigenvalue weighted by molar-refractivity contribution is 5.80. The maximum absolute atomic E-state index is 13.8. The molecule has 4 rings (SSSR count). The van der Waals surface area contributed by atoms with Gasteiger partial charge in [0.15, 0.2) is 5.76 Å². The smallest absolute Gasteiger partial charge is 0.240 e. The molecule has 0 fully saturated rings. The van der Waals surface area contributed by atoms with Gasteiger partial charge in [-0.05, 0) is 24.3 Å². The number of imidazole rings is 1. The molecule has 0 aliphatic heterocycles. The maximum atomic E-state index is 13.8. The van der Waals surface area contributed by atoms with Gasteiger partial charge in [0, 0.05) is 6.07 Å². The molecule has 0 radical (unpaired) electrons. The number of halogens is 1. The van der Waals surface area contributed by atoms with Crippen LogP contribution in [0.1, 0.15) is 5.69 Å². The molecular formula is C19H15FN4O2. The Morgan fingerprint density at radius 3 is 2.85 bits per heavy atom. The van der Waals surface area contributed by atoms with Crippen LogP contribution in [0.15, 0.2) is 65.4 Å². The minimum absolute atomic E-state index is 0.151. The highest BCUT2D eigenvalue weighted by Crippen LogP contribution is 2.23. The Bertz CT molecular complexity index is 1070. The molecular weight excluding hydrogens is 335 g/mol. The predicted octanol–water partition coefficient (Wildman–Crippen LogP) is 3.15. The highest BCUT2D eigenvalue weighted by Gasteiger charge is 2.12. The minimum atomic E-state index is -0.383. The molecule has 2 heterocycles. The molecule has 6 nitrogen and oxygen atoms in total. The standard InChI is InChI=1S/C19H15FN4O2/c20-15-6-2-1-5-14(15)18-9-13(23-26-18)10-21-19(25)11-24-12-22-16-7-3-4-8-17(16)24/h1-9,12H,10-11H2,(H,21,25). The lowest BCUT2D eigenvalue weighted by atomic mass is 10.1. The number of aromatic nitrogens is 3. The van der Waals surface area contributed by atoms with E-state index in [1.165, 1.54) is 6.07 Å². The molecule has 0 saturated carbocycles. The lowest BCUT2D eigenvalue weighted by Gasteiger charge is -2.05. The Labute approximate surface area is 148 Å². The highest BCUT2D eigenvalue weighted by atomic mass is 19.1. The van der Waals surface area contributed by atoms with Gasteiger partial charge in [-0.2, -0.15) is 0 Å². The monoisotopic (exact) mass is 350 g/mol. The number of hydrogen-bond acceptors (Lipinski definition) is 4. The van der Waals surface area contributed by atoms with Crippen molar-refractivity contribution in [2.24, 2.45) is 0 Å². The van der Waals surface area contributed by atoms with E-state index in [-0.39, 0.29) is 24.8 Å². The quantitative estimate of drug-likeness (QED) is 0.600. The van der Waals surface area contributed by atoms with E-state index in [4.69, 9.17) is 4.52 Å². The molecule has 130 valence electrons. The van der Waals surface area contributed by atoms with Crippen LogP contribution in [0.2, 0.25) is 0 Å². The lowest BCUT2D eigenvalue weighted by molar-refractivity contribution is -0.121. The van der Waals surface area contributed by atoms with E-state index < -0.39 is 0 Å². The fourth-order valence-corrected chi connectivity index (χ4v) is 2.72. The number of hydrogen-bond donors (Lipinski definition) is 1. The van der Waals surface area contributed by atoms with Gasteiger partial charge in [0.05, 0.1) is 29.5 Å². The van der Waals surface area contributed by atoms with Crippen LogP contribution >= 0.6 is 0 Å². The number of nitrogens with one attached hydrogen (secondary N) is 1. The SMILES string of the molecule is O=C(Cn1cnc2ccccc21)NCc1cc(-c2ccccc2F)on1. The molecule has 2 aromatic heterocycles. The van der Waals surface area contributed by atoms with Crippen molar-refractivity contribution in [3.05, 3.63) is 72.4 Å². The first-order chi connectivity index (χ1) is 12.7. The molecule has 0 aliphatic rings. The third-order valence-electron chi connectivity index (χ3n) is 4.01. The average molecular weight is 350 g/mol.